The van der Waals surface area contributed by atoms with Crippen LogP contribution in [-0.4, -0.2) is 76.0 Å². The van der Waals surface area contributed by atoms with Gasteiger partial charge in [0, 0.05) is 34.5 Å². The monoisotopic (exact) mass is 540 g/mol. The highest BCUT2D eigenvalue weighted by molar-refractivity contribution is 5.88. The minimum absolute atomic E-state index is 0.0119. The fourth-order valence-corrected chi connectivity index (χ4v) is 4.08. The van der Waals surface area contributed by atoms with Gasteiger partial charge in [-0.3, -0.25) is 19.2 Å². The topological polar surface area (TPSA) is 105 Å². The second-order valence-corrected chi connectivity index (χ2v) is 13.1. The van der Waals surface area contributed by atoms with Crippen LogP contribution in [0.1, 0.15) is 93.9 Å². The van der Waals surface area contributed by atoms with Crippen molar-refractivity contribution in [2.45, 2.75) is 93.9 Å². The summed E-state index contributed by atoms with van der Waals surface area (Å²) in [6.07, 6.45) is 3.35. The van der Waals surface area contributed by atoms with Gasteiger partial charge in [0.05, 0.1) is 39.6 Å². The first-order valence-corrected chi connectivity index (χ1v) is 14.0. The average molecular weight is 541 g/mol. The van der Waals surface area contributed by atoms with Crippen molar-refractivity contribution in [3.05, 3.63) is 0 Å². The van der Waals surface area contributed by atoms with E-state index in [1.165, 1.54) is 0 Å². The molecule has 0 amide bonds. The van der Waals surface area contributed by atoms with E-state index in [2.05, 4.69) is 0 Å². The third-order valence-corrected chi connectivity index (χ3v) is 7.63. The largest absolute Gasteiger partial charge is 0.379 e. The third-order valence-electron chi connectivity index (χ3n) is 7.63. The van der Waals surface area contributed by atoms with Gasteiger partial charge < -0.3 is 18.9 Å². The van der Waals surface area contributed by atoms with Crippen molar-refractivity contribution >= 4 is 23.1 Å². The Morgan fingerprint density at radius 2 is 0.921 bits per heavy atom. The van der Waals surface area contributed by atoms with Crippen LogP contribution >= 0.6 is 0 Å². The van der Waals surface area contributed by atoms with Crippen molar-refractivity contribution in [3.63, 3.8) is 0 Å². The molecule has 8 heteroatoms. The van der Waals surface area contributed by atoms with Crippen molar-refractivity contribution in [1.82, 2.24) is 0 Å². The number of ether oxygens (including phenoxy) is 4. The maximum absolute atomic E-state index is 12.9. The van der Waals surface area contributed by atoms with Crippen LogP contribution in [0.3, 0.4) is 0 Å². The summed E-state index contributed by atoms with van der Waals surface area (Å²) in [5.74, 6) is 0.417. The van der Waals surface area contributed by atoms with Crippen molar-refractivity contribution in [2.75, 3.05) is 52.9 Å². The molecule has 0 saturated heterocycles. The third kappa shape index (κ3) is 12.1. The van der Waals surface area contributed by atoms with Gasteiger partial charge in [0.1, 0.15) is 24.8 Å². The number of hydrogen-bond acceptors (Lipinski definition) is 8. The number of Topliss-reactive ketones (excluding diaryl/α,β-unsaturated/α-hetero) is 4. The molecule has 1 saturated carbocycles. The fourth-order valence-electron chi connectivity index (χ4n) is 4.08. The molecule has 0 radical (unpaired) electrons. The molecule has 0 unspecified atom stereocenters. The molecule has 0 aliphatic heterocycles. The molecule has 0 atom stereocenters. The molecule has 0 bridgehead atoms. The highest BCUT2D eigenvalue weighted by atomic mass is 16.5. The van der Waals surface area contributed by atoms with E-state index in [1.54, 1.807) is 0 Å². The van der Waals surface area contributed by atoms with E-state index in [9.17, 15) is 19.2 Å². The van der Waals surface area contributed by atoms with Crippen LogP contribution in [0.15, 0.2) is 0 Å². The van der Waals surface area contributed by atoms with Gasteiger partial charge in [-0.1, -0.05) is 55.4 Å². The van der Waals surface area contributed by atoms with Crippen molar-refractivity contribution in [3.8, 4) is 0 Å². The molecule has 8 nitrogen and oxygen atoms in total. The average Bonchev–Trinajstić information content (AvgIpc) is 2.83. The first-order valence-electron chi connectivity index (χ1n) is 14.0. The molecule has 0 aromatic carbocycles. The molecule has 0 N–H and O–H groups in total. The molecular weight excluding hydrogens is 488 g/mol. The van der Waals surface area contributed by atoms with Gasteiger partial charge in [0.15, 0.2) is 11.6 Å². The lowest BCUT2D eigenvalue weighted by molar-refractivity contribution is -0.141. The Balaban J connectivity index is 2.22. The summed E-state index contributed by atoms with van der Waals surface area (Å²) in [6.45, 7) is 17.3. The van der Waals surface area contributed by atoms with E-state index >= 15 is 0 Å². The summed E-state index contributed by atoms with van der Waals surface area (Å²) in [5, 5.41) is 0. The SMILES string of the molecule is CC(C)(C)C(=O)CCOCCOCCC(=O)C1(C)CCC(C)(C(=O)COCCOCC(=O)C(C)(C)C)CC1. The number of carbonyl (C=O) groups is 4. The summed E-state index contributed by atoms with van der Waals surface area (Å²) in [6, 6.07) is 0. The van der Waals surface area contributed by atoms with E-state index in [0.717, 1.165) is 0 Å². The molecule has 0 heterocycles. The molecule has 1 fully saturated rings. The van der Waals surface area contributed by atoms with E-state index in [1.807, 2.05) is 55.4 Å². The smallest absolute Gasteiger partial charge is 0.164 e. The van der Waals surface area contributed by atoms with Crippen LogP contribution in [0.25, 0.3) is 0 Å². The number of carbonyl (C=O) groups excluding carboxylic acids is 4. The highest BCUT2D eigenvalue weighted by Gasteiger charge is 2.44. The Morgan fingerprint density at radius 1 is 0.526 bits per heavy atom. The quantitative estimate of drug-likeness (QED) is 0.229. The second kappa shape index (κ2) is 15.3. The molecule has 0 aromatic heterocycles. The maximum atomic E-state index is 12.9. The predicted molar refractivity (Wildman–Crippen MR) is 146 cm³/mol. The first-order chi connectivity index (χ1) is 17.5. The Bertz CT molecular complexity index is 779. The van der Waals surface area contributed by atoms with E-state index in [4.69, 9.17) is 18.9 Å². The minimum atomic E-state index is -0.495. The van der Waals surface area contributed by atoms with E-state index in [-0.39, 0.29) is 55.0 Å². The highest BCUT2D eigenvalue weighted by Crippen LogP contribution is 2.46. The maximum Gasteiger partial charge on any atom is 0.164 e. The van der Waals surface area contributed by atoms with Crippen molar-refractivity contribution in [2.24, 2.45) is 21.7 Å². The minimum Gasteiger partial charge on any atom is -0.379 e. The number of ketones is 4. The Morgan fingerprint density at radius 3 is 1.39 bits per heavy atom. The summed E-state index contributed by atoms with van der Waals surface area (Å²) in [4.78, 5) is 49.4. The van der Waals surface area contributed by atoms with Gasteiger partial charge in [-0.2, -0.15) is 0 Å². The summed E-state index contributed by atoms with van der Waals surface area (Å²) in [7, 11) is 0. The molecule has 0 spiro atoms. The number of hydrogen-bond donors (Lipinski definition) is 0. The fraction of sp³-hybridized carbons (Fsp3) is 0.867. The van der Waals surface area contributed by atoms with Crippen molar-refractivity contribution in [1.29, 1.82) is 0 Å². The standard InChI is InChI=1S/C30H52O8/c1-27(2,3)23(31)9-15-35-17-18-36-16-10-24(32)29(7)11-13-30(8,14-12-29)26(34)22-38-20-19-37-21-25(33)28(4,5)6/h9-22H2,1-8H3. The molecule has 1 aliphatic carbocycles. The van der Waals surface area contributed by atoms with E-state index < -0.39 is 16.2 Å². The zero-order valence-electron chi connectivity index (χ0n) is 25.2. The van der Waals surface area contributed by atoms with Gasteiger partial charge in [0.25, 0.3) is 0 Å². The molecule has 1 rings (SSSR count). The first kappa shape index (κ1) is 34.5. The van der Waals surface area contributed by atoms with Crippen LogP contribution in [0.4, 0.5) is 0 Å². The lowest BCUT2D eigenvalue weighted by Gasteiger charge is -2.41. The zero-order chi connectivity index (χ0) is 29.0. The van der Waals surface area contributed by atoms with Crippen LogP contribution in [0.5, 0.6) is 0 Å². The molecule has 0 aromatic rings. The van der Waals surface area contributed by atoms with E-state index in [0.29, 0.717) is 65.0 Å². The zero-order valence-corrected chi connectivity index (χ0v) is 25.2. The predicted octanol–water partition coefficient (Wildman–Crippen LogP) is 4.79. The van der Waals surface area contributed by atoms with Gasteiger partial charge >= 0.3 is 0 Å². The molecule has 220 valence electrons. The van der Waals surface area contributed by atoms with Crippen molar-refractivity contribution < 1.29 is 38.1 Å². The Labute approximate surface area is 229 Å². The molecular formula is C30H52O8. The normalized spacial score (nSPS) is 22.3. The van der Waals surface area contributed by atoms with Crippen LogP contribution in [0.2, 0.25) is 0 Å². The summed E-state index contributed by atoms with van der Waals surface area (Å²) in [5.41, 5.74) is -1.72. The molecule has 38 heavy (non-hydrogen) atoms. The lowest BCUT2D eigenvalue weighted by atomic mass is 9.62. The van der Waals surface area contributed by atoms with Gasteiger partial charge in [0.2, 0.25) is 0 Å². The van der Waals surface area contributed by atoms with Gasteiger partial charge in [-0.05, 0) is 25.7 Å². The van der Waals surface area contributed by atoms with Crippen LogP contribution in [0, 0.1) is 21.7 Å². The van der Waals surface area contributed by atoms with Crippen LogP contribution in [-0.2, 0) is 38.1 Å². The lowest BCUT2D eigenvalue weighted by Crippen LogP contribution is -2.41. The summed E-state index contributed by atoms with van der Waals surface area (Å²) >= 11 is 0. The van der Waals surface area contributed by atoms with Gasteiger partial charge in [-0.15, -0.1) is 0 Å². The molecule has 1 aliphatic rings. The number of rotatable bonds is 18. The Hall–Kier alpha value is -1.48. The second-order valence-electron chi connectivity index (χ2n) is 13.1. The Kier molecular flexibility index (Phi) is 14.0. The van der Waals surface area contributed by atoms with Crippen LogP contribution < -0.4 is 0 Å². The summed E-state index contributed by atoms with van der Waals surface area (Å²) < 4.78 is 21.9. The van der Waals surface area contributed by atoms with Gasteiger partial charge in [-0.25, -0.2) is 0 Å².